The van der Waals surface area contributed by atoms with Crippen LogP contribution in [0, 0.1) is 5.92 Å². The van der Waals surface area contributed by atoms with E-state index in [1.165, 1.54) is 0 Å². The molecule has 17 heavy (non-hydrogen) atoms. The van der Waals surface area contributed by atoms with Crippen molar-refractivity contribution in [3.63, 3.8) is 0 Å². The van der Waals surface area contributed by atoms with Gasteiger partial charge >= 0.3 is 5.97 Å². The number of rotatable bonds is 4. The van der Waals surface area contributed by atoms with Crippen LogP contribution in [0.5, 0.6) is 0 Å². The van der Waals surface area contributed by atoms with Crippen molar-refractivity contribution >= 4 is 5.97 Å². The predicted molar refractivity (Wildman–Crippen MR) is 58.0 cm³/mol. The van der Waals surface area contributed by atoms with E-state index < -0.39 is 11.9 Å². The summed E-state index contributed by atoms with van der Waals surface area (Å²) in [7, 11) is 0. The smallest absolute Gasteiger partial charge is 0.306 e. The minimum atomic E-state index is -0.886. The van der Waals surface area contributed by atoms with Gasteiger partial charge in [0.15, 0.2) is 0 Å². The van der Waals surface area contributed by atoms with E-state index in [9.17, 15) is 4.79 Å². The minimum Gasteiger partial charge on any atom is -0.481 e. The normalized spacial score (nSPS) is 12.3. The Morgan fingerprint density at radius 2 is 2.29 bits per heavy atom. The first-order valence-corrected chi connectivity index (χ1v) is 5.13. The topological polar surface area (TPSA) is 89.1 Å². The Balaban J connectivity index is 2.14. The van der Waals surface area contributed by atoms with Gasteiger partial charge in [-0.05, 0) is 12.1 Å². The van der Waals surface area contributed by atoms with Gasteiger partial charge in [-0.15, -0.1) is 10.2 Å². The van der Waals surface area contributed by atoms with E-state index in [0.29, 0.717) is 17.5 Å². The van der Waals surface area contributed by atoms with E-state index in [1.54, 1.807) is 25.3 Å². The summed E-state index contributed by atoms with van der Waals surface area (Å²) in [5.41, 5.74) is 0.578. The average Bonchev–Trinajstić information content (AvgIpc) is 2.78. The van der Waals surface area contributed by atoms with Gasteiger partial charge in [0.05, 0.1) is 5.92 Å². The van der Waals surface area contributed by atoms with E-state index in [1.807, 2.05) is 6.07 Å². The first kappa shape index (κ1) is 11.3. The molecule has 0 aliphatic carbocycles. The second-order valence-corrected chi connectivity index (χ2v) is 3.66. The fourth-order valence-electron chi connectivity index (χ4n) is 1.28. The summed E-state index contributed by atoms with van der Waals surface area (Å²) >= 11 is 0. The van der Waals surface area contributed by atoms with Crippen molar-refractivity contribution in [1.29, 1.82) is 0 Å². The average molecular weight is 233 g/mol. The molecule has 0 fully saturated rings. The van der Waals surface area contributed by atoms with Crippen molar-refractivity contribution in [1.82, 2.24) is 15.2 Å². The van der Waals surface area contributed by atoms with Crippen LogP contribution >= 0.6 is 0 Å². The van der Waals surface area contributed by atoms with Crippen LogP contribution in [0.2, 0.25) is 0 Å². The Morgan fingerprint density at radius 1 is 1.47 bits per heavy atom. The monoisotopic (exact) mass is 233 g/mol. The number of hydrogen-bond donors (Lipinski definition) is 1. The lowest BCUT2D eigenvalue weighted by Crippen LogP contribution is -2.12. The van der Waals surface area contributed by atoms with E-state index in [0.717, 1.165) is 0 Å². The summed E-state index contributed by atoms with van der Waals surface area (Å²) in [6, 6.07) is 5.34. The highest BCUT2D eigenvalue weighted by molar-refractivity contribution is 5.69. The number of aliphatic carboxylic acids is 1. The summed E-state index contributed by atoms with van der Waals surface area (Å²) < 4.78 is 5.34. The molecule has 0 aliphatic heterocycles. The Kier molecular flexibility index (Phi) is 3.13. The molecule has 0 saturated heterocycles. The van der Waals surface area contributed by atoms with Gasteiger partial charge in [0.2, 0.25) is 5.89 Å². The van der Waals surface area contributed by atoms with E-state index in [4.69, 9.17) is 9.52 Å². The molecule has 2 aromatic rings. The standard InChI is InChI=1S/C11H11N3O3/c1-7(11(15)16)6-9-13-14-10(17-9)8-4-2-3-5-12-8/h2-5,7H,6H2,1H3,(H,15,16). The molecule has 0 spiro atoms. The zero-order valence-electron chi connectivity index (χ0n) is 9.20. The van der Waals surface area contributed by atoms with Crippen LogP contribution in [0.15, 0.2) is 28.8 Å². The molecular weight excluding hydrogens is 222 g/mol. The summed E-state index contributed by atoms with van der Waals surface area (Å²) in [6.07, 6.45) is 1.84. The number of hydrogen-bond acceptors (Lipinski definition) is 5. The lowest BCUT2D eigenvalue weighted by atomic mass is 10.1. The number of pyridine rings is 1. The first-order valence-electron chi connectivity index (χ1n) is 5.13. The number of carboxylic acids is 1. The predicted octanol–water partition coefficient (Wildman–Crippen LogP) is 1.39. The van der Waals surface area contributed by atoms with Crippen molar-refractivity contribution < 1.29 is 14.3 Å². The quantitative estimate of drug-likeness (QED) is 0.858. The molecule has 6 nitrogen and oxygen atoms in total. The van der Waals surface area contributed by atoms with Crippen LogP contribution in [0.3, 0.4) is 0 Å². The highest BCUT2D eigenvalue weighted by atomic mass is 16.4. The molecule has 0 bridgehead atoms. The molecule has 1 unspecified atom stereocenters. The third-order valence-electron chi connectivity index (χ3n) is 2.25. The molecule has 0 aromatic carbocycles. The Labute approximate surface area is 97.3 Å². The summed E-state index contributed by atoms with van der Waals surface area (Å²) in [5.74, 6) is -0.826. The second kappa shape index (κ2) is 4.73. The molecule has 6 heteroatoms. The van der Waals surface area contributed by atoms with E-state index >= 15 is 0 Å². The fraction of sp³-hybridized carbons (Fsp3) is 0.273. The summed E-state index contributed by atoms with van der Waals surface area (Å²) in [5, 5.41) is 16.4. The van der Waals surface area contributed by atoms with Gasteiger partial charge in [0, 0.05) is 12.6 Å². The van der Waals surface area contributed by atoms with Crippen LogP contribution in [-0.2, 0) is 11.2 Å². The maximum atomic E-state index is 10.7. The summed E-state index contributed by atoms with van der Waals surface area (Å²) in [6.45, 7) is 1.59. The highest BCUT2D eigenvalue weighted by Gasteiger charge is 2.16. The number of carbonyl (C=O) groups is 1. The number of carboxylic acid groups (broad SMARTS) is 1. The Morgan fingerprint density at radius 3 is 2.94 bits per heavy atom. The van der Waals surface area contributed by atoms with Crippen molar-refractivity contribution in [3.8, 4) is 11.6 Å². The fourth-order valence-corrected chi connectivity index (χ4v) is 1.28. The second-order valence-electron chi connectivity index (χ2n) is 3.66. The lowest BCUT2D eigenvalue weighted by molar-refractivity contribution is -0.141. The van der Waals surface area contributed by atoms with E-state index in [2.05, 4.69) is 15.2 Å². The van der Waals surface area contributed by atoms with Gasteiger partial charge in [-0.2, -0.15) is 0 Å². The van der Waals surface area contributed by atoms with Crippen molar-refractivity contribution in [2.75, 3.05) is 0 Å². The maximum absolute atomic E-state index is 10.7. The molecule has 0 aliphatic rings. The van der Waals surface area contributed by atoms with Crippen LogP contribution in [-0.4, -0.2) is 26.3 Å². The molecule has 1 atom stereocenters. The van der Waals surface area contributed by atoms with Gasteiger partial charge in [0.25, 0.3) is 5.89 Å². The van der Waals surface area contributed by atoms with Crippen LogP contribution < -0.4 is 0 Å². The summed E-state index contributed by atoms with van der Waals surface area (Å²) in [4.78, 5) is 14.7. The van der Waals surface area contributed by atoms with Gasteiger partial charge in [-0.25, -0.2) is 0 Å². The largest absolute Gasteiger partial charge is 0.481 e. The maximum Gasteiger partial charge on any atom is 0.306 e. The van der Waals surface area contributed by atoms with E-state index in [-0.39, 0.29) is 6.42 Å². The number of nitrogens with zero attached hydrogens (tertiary/aromatic N) is 3. The van der Waals surface area contributed by atoms with Crippen LogP contribution in [0.1, 0.15) is 12.8 Å². The molecular formula is C11H11N3O3. The molecule has 88 valence electrons. The molecule has 2 rings (SSSR count). The minimum absolute atomic E-state index is 0.217. The first-order chi connectivity index (χ1) is 8.16. The SMILES string of the molecule is CC(Cc1nnc(-c2ccccn2)o1)C(=O)O. The van der Waals surface area contributed by atoms with Crippen molar-refractivity contribution in [2.24, 2.45) is 5.92 Å². The van der Waals surface area contributed by atoms with Crippen molar-refractivity contribution in [3.05, 3.63) is 30.3 Å². The Hall–Kier alpha value is -2.24. The van der Waals surface area contributed by atoms with Gasteiger partial charge < -0.3 is 9.52 Å². The van der Waals surface area contributed by atoms with Crippen molar-refractivity contribution in [2.45, 2.75) is 13.3 Å². The lowest BCUT2D eigenvalue weighted by Gasteiger charge is -2.00. The zero-order chi connectivity index (χ0) is 12.3. The number of aromatic nitrogens is 3. The molecule has 1 N–H and O–H groups in total. The molecule has 0 amide bonds. The highest BCUT2D eigenvalue weighted by Crippen LogP contribution is 2.16. The van der Waals surface area contributed by atoms with Crippen LogP contribution in [0.25, 0.3) is 11.6 Å². The molecule has 2 heterocycles. The van der Waals surface area contributed by atoms with Gasteiger partial charge in [-0.3, -0.25) is 9.78 Å². The third kappa shape index (κ3) is 2.66. The van der Waals surface area contributed by atoms with Crippen LogP contribution in [0.4, 0.5) is 0 Å². The molecule has 0 saturated carbocycles. The zero-order valence-corrected chi connectivity index (χ0v) is 9.20. The van der Waals surface area contributed by atoms with Gasteiger partial charge in [0.1, 0.15) is 5.69 Å². The molecule has 0 radical (unpaired) electrons. The molecule has 2 aromatic heterocycles. The van der Waals surface area contributed by atoms with Gasteiger partial charge in [-0.1, -0.05) is 13.0 Å². The third-order valence-corrected chi connectivity index (χ3v) is 2.25. The Bertz CT molecular complexity index is 510.